The van der Waals surface area contributed by atoms with Crippen molar-refractivity contribution in [1.82, 2.24) is 0 Å². The van der Waals surface area contributed by atoms with Crippen molar-refractivity contribution in [1.29, 1.82) is 0 Å². The van der Waals surface area contributed by atoms with Gasteiger partial charge in [0.25, 0.3) is 0 Å². The summed E-state index contributed by atoms with van der Waals surface area (Å²) in [4.78, 5) is 12.6. The van der Waals surface area contributed by atoms with Gasteiger partial charge in [0.15, 0.2) is 0 Å². The Bertz CT molecular complexity index is 698. The minimum atomic E-state index is 0.109. The average Bonchev–Trinajstić information content (AvgIpc) is 2.57. The highest BCUT2D eigenvalue weighted by atomic mass is 79.9. The SMILES string of the molecule is Cc1ccccc1NC(=O)CCC1CCc2ccccc2C1Br. The molecular formula is C20H22BrNO. The summed E-state index contributed by atoms with van der Waals surface area (Å²) >= 11 is 3.85. The Kier molecular flexibility index (Phi) is 5.16. The molecule has 23 heavy (non-hydrogen) atoms. The molecule has 1 N–H and O–H groups in total. The molecule has 0 aliphatic heterocycles. The standard InChI is InChI=1S/C20H22BrNO/c1-14-6-2-5-9-18(14)22-19(23)13-12-16-11-10-15-7-3-4-8-17(15)20(16)21/h2-9,16,20H,10-13H2,1H3,(H,22,23). The van der Waals surface area contributed by atoms with Crippen molar-refractivity contribution in [3.8, 4) is 0 Å². The lowest BCUT2D eigenvalue weighted by Gasteiger charge is -2.29. The first-order valence-electron chi connectivity index (χ1n) is 8.22. The molecule has 0 radical (unpaired) electrons. The van der Waals surface area contributed by atoms with Gasteiger partial charge in [0.2, 0.25) is 5.91 Å². The van der Waals surface area contributed by atoms with Crippen LogP contribution < -0.4 is 5.32 Å². The molecule has 0 aromatic heterocycles. The van der Waals surface area contributed by atoms with Gasteiger partial charge >= 0.3 is 0 Å². The molecular weight excluding hydrogens is 350 g/mol. The molecule has 2 aromatic rings. The quantitative estimate of drug-likeness (QED) is 0.714. The van der Waals surface area contributed by atoms with E-state index in [1.54, 1.807) is 0 Å². The van der Waals surface area contributed by atoms with Crippen LogP contribution in [0.25, 0.3) is 0 Å². The highest BCUT2D eigenvalue weighted by Crippen LogP contribution is 2.42. The van der Waals surface area contributed by atoms with Crippen LogP contribution in [0.1, 0.15) is 40.8 Å². The number of rotatable bonds is 4. The summed E-state index contributed by atoms with van der Waals surface area (Å²) in [6, 6.07) is 16.5. The molecule has 0 fully saturated rings. The third-order valence-electron chi connectivity index (χ3n) is 4.71. The molecule has 2 unspecified atom stereocenters. The van der Waals surface area contributed by atoms with Gasteiger partial charge in [-0.15, -0.1) is 0 Å². The maximum atomic E-state index is 12.2. The fraction of sp³-hybridized carbons (Fsp3) is 0.350. The first kappa shape index (κ1) is 16.3. The lowest BCUT2D eigenvalue weighted by atomic mass is 9.81. The summed E-state index contributed by atoms with van der Waals surface area (Å²) in [5, 5.41) is 3.03. The number of benzene rings is 2. The number of carbonyl (C=O) groups is 1. The molecule has 2 aromatic carbocycles. The van der Waals surface area contributed by atoms with E-state index in [2.05, 4.69) is 45.5 Å². The molecule has 3 heteroatoms. The van der Waals surface area contributed by atoms with E-state index in [4.69, 9.17) is 0 Å². The van der Waals surface area contributed by atoms with Gasteiger partial charge in [-0.1, -0.05) is 58.4 Å². The molecule has 1 aliphatic carbocycles. The van der Waals surface area contributed by atoms with Crippen LogP contribution in [-0.2, 0) is 11.2 Å². The molecule has 0 saturated carbocycles. The first-order valence-corrected chi connectivity index (χ1v) is 9.14. The summed E-state index contributed by atoms with van der Waals surface area (Å²) < 4.78 is 0. The Morgan fingerprint density at radius 2 is 1.91 bits per heavy atom. The maximum Gasteiger partial charge on any atom is 0.224 e. The third-order valence-corrected chi connectivity index (χ3v) is 5.95. The molecule has 0 bridgehead atoms. The fourth-order valence-corrected chi connectivity index (χ4v) is 4.28. The number of alkyl halides is 1. The van der Waals surface area contributed by atoms with E-state index in [0.717, 1.165) is 30.5 Å². The summed E-state index contributed by atoms with van der Waals surface area (Å²) in [5.41, 5.74) is 4.85. The molecule has 1 aliphatic rings. The van der Waals surface area contributed by atoms with E-state index in [-0.39, 0.29) is 5.91 Å². The van der Waals surface area contributed by atoms with Crippen LogP contribution in [0.2, 0.25) is 0 Å². The molecule has 2 nitrogen and oxygen atoms in total. The maximum absolute atomic E-state index is 12.2. The van der Waals surface area contributed by atoms with Gasteiger partial charge < -0.3 is 5.32 Å². The van der Waals surface area contributed by atoms with Crippen molar-refractivity contribution in [2.45, 2.75) is 37.4 Å². The van der Waals surface area contributed by atoms with Gasteiger partial charge in [-0.05, 0) is 54.9 Å². The van der Waals surface area contributed by atoms with Gasteiger partial charge in [0.1, 0.15) is 0 Å². The number of para-hydroxylation sites is 1. The highest BCUT2D eigenvalue weighted by molar-refractivity contribution is 9.09. The Morgan fingerprint density at radius 3 is 2.74 bits per heavy atom. The summed E-state index contributed by atoms with van der Waals surface area (Å²) in [6.07, 6.45) is 3.75. The lowest BCUT2D eigenvalue weighted by molar-refractivity contribution is -0.116. The van der Waals surface area contributed by atoms with Crippen molar-refractivity contribution >= 4 is 27.5 Å². The number of anilines is 1. The highest BCUT2D eigenvalue weighted by Gasteiger charge is 2.27. The molecule has 120 valence electrons. The zero-order valence-electron chi connectivity index (χ0n) is 13.4. The fourth-order valence-electron chi connectivity index (χ4n) is 3.31. The molecule has 2 atom stereocenters. The Morgan fingerprint density at radius 1 is 1.17 bits per heavy atom. The average molecular weight is 372 g/mol. The van der Waals surface area contributed by atoms with Crippen LogP contribution in [0, 0.1) is 12.8 Å². The molecule has 0 heterocycles. The number of amides is 1. The lowest BCUT2D eigenvalue weighted by Crippen LogP contribution is -2.20. The van der Waals surface area contributed by atoms with Crippen LogP contribution in [0.3, 0.4) is 0 Å². The van der Waals surface area contributed by atoms with E-state index in [1.165, 1.54) is 11.1 Å². The number of nitrogens with one attached hydrogen (secondary N) is 1. The van der Waals surface area contributed by atoms with Gasteiger partial charge in [-0.25, -0.2) is 0 Å². The molecule has 3 rings (SSSR count). The van der Waals surface area contributed by atoms with Crippen LogP contribution in [0.4, 0.5) is 5.69 Å². The van der Waals surface area contributed by atoms with Crippen molar-refractivity contribution in [2.75, 3.05) is 5.32 Å². The van der Waals surface area contributed by atoms with Gasteiger partial charge in [0, 0.05) is 16.9 Å². The second kappa shape index (κ2) is 7.31. The summed E-state index contributed by atoms with van der Waals surface area (Å²) in [6.45, 7) is 2.02. The second-order valence-electron chi connectivity index (χ2n) is 6.30. The zero-order chi connectivity index (χ0) is 16.2. The number of carbonyl (C=O) groups excluding carboxylic acids is 1. The molecule has 0 spiro atoms. The van der Waals surface area contributed by atoms with Gasteiger partial charge in [0.05, 0.1) is 0 Å². The Balaban J connectivity index is 1.57. The monoisotopic (exact) mass is 371 g/mol. The molecule has 1 amide bonds. The van der Waals surface area contributed by atoms with E-state index >= 15 is 0 Å². The minimum absolute atomic E-state index is 0.109. The zero-order valence-corrected chi connectivity index (χ0v) is 15.0. The number of halogens is 1. The van der Waals surface area contributed by atoms with E-state index < -0.39 is 0 Å². The van der Waals surface area contributed by atoms with Crippen molar-refractivity contribution < 1.29 is 4.79 Å². The van der Waals surface area contributed by atoms with Crippen LogP contribution in [-0.4, -0.2) is 5.91 Å². The Labute approximate surface area is 146 Å². The largest absolute Gasteiger partial charge is 0.326 e. The van der Waals surface area contributed by atoms with E-state index in [1.807, 2.05) is 31.2 Å². The van der Waals surface area contributed by atoms with Crippen LogP contribution in [0.15, 0.2) is 48.5 Å². The number of aryl methyl sites for hydroxylation is 2. The van der Waals surface area contributed by atoms with Gasteiger partial charge in [-0.3, -0.25) is 4.79 Å². The predicted octanol–water partition coefficient (Wildman–Crippen LogP) is 5.41. The predicted molar refractivity (Wildman–Crippen MR) is 99.0 cm³/mol. The van der Waals surface area contributed by atoms with Gasteiger partial charge in [-0.2, -0.15) is 0 Å². The second-order valence-corrected chi connectivity index (χ2v) is 7.29. The summed E-state index contributed by atoms with van der Waals surface area (Å²) in [7, 11) is 0. The number of hydrogen-bond donors (Lipinski definition) is 1. The normalized spacial score (nSPS) is 19.9. The summed E-state index contributed by atoms with van der Waals surface area (Å²) in [5.74, 6) is 0.630. The van der Waals surface area contributed by atoms with Crippen LogP contribution in [0.5, 0.6) is 0 Å². The topological polar surface area (TPSA) is 29.1 Å². The minimum Gasteiger partial charge on any atom is -0.326 e. The number of fused-ring (bicyclic) bond motifs is 1. The third kappa shape index (κ3) is 3.84. The molecule has 0 saturated heterocycles. The van der Waals surface area contributed by atoms with Crippen molar-refractivity contribution in [2.24, 2.45) is 5.92 Å². The Hall–Kier alpha value is -1.61. The van der Waals surface area contributed by atoms with E-state index in [9.17, 15) is 4.79 Å². The van der Waals surface area contributed by atoms with Crippen LogP contribution >= 0.6 is 15.9 Å². The van der Waals surface area contributed by atoms with E-state index in [0.29, 0.717) is 17.2 Å². The number of hydrogen-bond acceptors (Lipinski definition) is 1. The van der Waals surface area contributed by atoms with Crippen molar-refractivity contribution in [3.63, 3.8) is 0 Å². The van der Waals surface area contributed by atoms with Crippen molar-refractivity contribution in [3.05, 3.63) is 65.2 Å². The first-order chi connectivity index (χ1) is 11.1. The smallest absolute Gasteiger partial charge is 0.224 e.